The van der Waals surface area contributed by atoms with Crippen molar-refractivity contribution in [3.8, 4) is 5.75 Å². The van der Waals surface area contributed by atoms with Gasteiger partial charge in [0.25, 0.3) is 0 Å². The highest BCUT2D eigenvalue weighted by Gasteiger charge is 2.39. The van der Waals surface area contributed by atoms with E-state index in [4.69, 9.17) is 0 Å². The van der Waals surface area contributed by atoms with Gasteiger partial charge in [-0.3, -0.25) is 0 Å². The molecule has 1 aromatic rings. The number of hydrogen-bond donors (Lipinski definition) is 2. The standard InChI is InChI=1S/C28H44O2/c1-11-13-19-15-21(27(5,6)7)25(29)23(17(19)3)24-18(4)20(14-12-2)16-22(26(24)30)28(8,9)10/h15-16,23,25,29-30H,11-14H2,1-10H3/t23?,25-/m0/s1. The fourth-order valence-corrected chi connectivity index (χ4v) is 4.90. The molecule has 0 bridgehead atoms. The van der Waals surface area contributed by atoms with E-state index in [-0.39, 0.29) is 16.7 Å². The third kappa shape index (κ3) is 4.69. The predicted molar refractivity (Wildman–Crippen MR) is 129 cm³/mol. The van der Waals surface area contributed by atoms with Gasteiger partial charge in [0.1, 0.15) is 5.75 Å². The Bertz CT molecular complexity index is 841. The quantitative estimate of drug-likeness (QED) is 0.525. The summed E-state index contributed by atoms with van der Waals surface area (Å²) in [6.07, 6.45) is 5.71. The summed E-state index contributed by atoms with van der Waals surface area (Å²) in [6, 6.07) is 2.19. The van der Waals surface area contributed by atoms with Crippen LogP contribution in [-0.2, 0) is 11.8 Å². The maximum absolute atomic E-state index is 11.6. The van der Waals surface area contributed by atoms with Crippen LogP contribution in [0.15, 0.2) is 28.9 Å². The molecule has 1 aliphatic carbocycles. The van der Waals surface area contributed by atoms with E-state index >= 15 is 0 Å². The van der Waals surface area contributed by atoms with E-state index in [2.05, 4.69) is 81.4 Å². The zero-order valence-corrected chi connectivity index (χ0v) is 21.0. The number of phenols is 1. The Morgan fingerprint density at radius 1 is 0.900 bits per heavy atom. The molecule has 1 aromatic carbocycles. The Kier molecular flexibility index (Phi) is 7.34. The van der Waals surface area contributed by atoms with Crippen molar-refractivity contribution in [2.45, 2.75) is 112 Å². The molecule has 2 heteroatoms. The van der Waals surface area contributed by atoms with E-state index < -0.39 is 6.10 Å². The van der Waals surface area contributed by atoms with Gasteiger partial charge in [-0.15, -0.1) is 0 Å². The molecule has 0 heterocycles. The summed E-state index contributed by atoms with van der Waals surface area (Å²) in [4.78, 5) is 0. The first-order valence-corrected chi connectivity index (χ1v) is 11.7. The summed E-state index contributed by atoms with van der Waals surface area (Å²) in [5.74, 6) is 0.165. The summed E-state index contributed by atoms with van der Waals surface area (Å²) < 4.78 is 0. The van der Waals surface area contributed by atoms with Crippen LogP contribution in [0.5, 0.6) is 5.75 Å². The monoisotopic (exact) mass is 412 g/mol. The second-order valence-corrected chi connectivity index (χ2v) is 11.2. The van der Waals surface area contributed by atoms with Gasteiger partial charge in [0.15, 0.2) is 0 Å². The maximum atomic E-state index is 11.6. The minimum atomic E-state index is -0.625. The normalized spacial score (nSPS) is 20.6. The van der Waals surface area contributed by atoms with E-state index in [9.17, 15) is 10.2 Å². The number of benzene rings is 1. The average Bonchev–Trinajstić information content (AvgIpc) is 2.60. The van der Waals surface area contributed by atoms with Crippen LogP contribution in [0.4, 0.5) is 0 Å². The molecule has 1 aliphatic rings. The van der Waals surface area contributed by atoms with Crippen molar-refractivity contribution in [1.82, 2.24) is 0 Å². The second-order valence-electron chi connectivity index (χ2n) is 11.2. The van der Waals surface area contributed by atoms with Gasteiger partial charge in [0.2, 0.25) is 0 Å². The van der Waals surface area contributed by atoms with Crippen LogP contribution in [0, 0.1) is 12.3 Å². The molecule has 0 aromatic heterocycles. The summed E-state index contributed by atoms with van der Waals surface area (Å²) in [6.45, 7) is 21.6. The lowest BCUT2D eigenvalue weighted by atomic mass is 9.67. The fourth-order valence-electron chi connectivity index (χ4n) is 4.90. The van der Waals surface area contributed by atoms with Crippen LogP contribution in [0.25, 0.3) is 0 Å². The second kappa shape index (κ2) is 8.91. The molecule has 0 spiro atoms. The predicted octanol–water partition coefficient (Wildman–Crippen LogP) is 7.50. The lowest BCUT2D eigenvalue weighted by molar-refractivity contribution is 0.161. The Morgan fingerprint density at radius 3 is 1.93 bits per heavy atom. The molecule has 0 amide bonds. The molecule has 0 saturated heterocycles. The van der Waals surface area contributed by atoms with Gasteiger partial charge in [-0.05, 0) is 65.4 Å². The van der Waals surface area contributed by atoms with Gasteiger partial charge < -0.3 is 10.2 Å². The number of aliphatic hydroxyl groups excluding tert-OH is 1. The maximum Gasteiger partial charge on any atom is 0.123 e. The summed E-state index contributed by atoms with van der Waals surface area (Å²) in [5, 5.41) is 23.2. The number of allylic oxidation sites excluding steroid dienone is 2. The minimum Gasteiger partial charge on any atom is -0.507 e. The van der Waals surface area contributed by atoms with E-state index in [1.807, 2.05) is 0 Å². The molecule has 2 rings (SSSR count). The SMILES string of the molecule is CCCC1=C(C)C(c2c(C)c(CCC)cc(C(C)(C)C)c2O)[C@@H](O)C(C(C)(C)C)=C1. The first kappa shape index (κ1) is 24.7. The van der Waals surface area contributed by atoms with E-state index in [1.54, 1.807) is 0 Å². The highest BCUT2D eigenvalue weighted by atomic mass is 16.3. The van der Waals surface area contributed by atoms with Gasteiger partial charge in [0.05, 0.1) is 6.10 Å². The van der Waals surface area contributed by atoms with Crippen molar-refractivity contribution in [1.29, 1.82) is 0 Å². The zero-order valence-electron chi connectivity index (χ0n) is 21.0. The molecule has 2 nitrogen and oxygen atoms in total. The molecule has 1 unspecified atom stereocenters. The van der Waals surface area contributed by atoms with Crippen LogP contribution in [0.2, 0.25) is 0 Å². The van der Waals surface area contributed by atoms with E-state index in [1.165, 1.54) is 16.7 Å². The Morgan fingerprint density at radius 2 is 1.47 bits per heavy atom. The Labute approximate surface area is 185 Å². The van der Waals surface area contributed by atoms with E-state index in [0.717, 1.165) is 47.9 Å². The number of phenolic OH excluding ortho intramolecular Hbond substituents is 1. The summed E-state index contributed by atoms with van der Waals surface area (Å²) in [7, 11) is 0. The van der Waals surface area contributed by atoms with Crippen LogP contribution < -0.4 is 0 Å². The highest BCUT2D eigenvalue weighted by molar-refractivity contribution is 5.58. The lowest BCUT2D eigenvalue weighted by Crippen LogP contribution is -2.33. The van der Waals surface area contributed by atoms with Gasteiger partial charge in [-0.25, -0.2) is 0 Å². The molecule has 2 N–H and O–H groups in total. The van der Waals surface area contributed by atoms with Crippen molar-refractivity contribution in [3.63, 3.8) is 0 Å². The van der Waals surface area contributed by atoms with Gasteiger partial charge in [-0.2, -0.15) is 0 Å². The fraction of sp³-hybridized carbons (Fsp3) is 0.643. The largest absolute Gasteiger partial charge is 0.507 e. The summed E-state index contributed by atoms with van der Waals surface area (Å²) in [5.41, 5.74) is 7.62. The number of aliphatic hydroxyl groups is 1. The minimum absolute atomic E-state index is 0.130. The number of hydrogen-bond acceptors (Lipinski definition) is 2. The van der Waals surface area contributed by atoms with Crippen LogP contribution in [-0.4, -0.2) is 16.3 Å². The molecule has 2 atom stereocenters. The van der Waals surface area contributed by atoms with Crippen molar-refractivity contribution >= 4 is 0 Å². The Balaban J connectivity index is 2.86. The van der Waals surface area contributed by atoms with Crippen molar-refractivity contribution in [2.24, 2.45) is 5.41 Å². The smallest absolute Gasteiger partial charge is 0.123 e. The molecule has 30 heavy (non-hydrogen) atoms. The highest BCUT2D eigenvalue weighted by Crippen LogP contribution is 2.49. The number of aryl methyl sites for hydroxylation is 1. The Hall–Kier alpha value is -1.54. The molecule has 0 radical (unpaired) electrons. The van der Waals surface area contributed by atoms with Crippen molar-refractivity contribution in [3.05, 3.63) is 51.1 Å². The first-order chi connectivity index (χ1) is 13.8. The van der Waals surface area contributed by atoms with Crippen LogP contribution in [0.1, 0.15) is 110 Å². The van der Waals surface area contributed by atoms with Crippen molar-refractivity contribution < 1.29 is 10.2 Å². The molecule has 0 fully saturated rings. The van der Waals surface area contributed by atoms with Crippen LogP contribution >= 0.6 is 0 Å². The van der Waals surface area contributed by atoms with Crippen LogP contribution in [0.3, 0.4) is 0 Å². The third-order valence-corrected chi connectivity index (χ3v) is 6.68. The molecule has 0 aliphatic heterocycles. The molecule has 0 saturated carbocycles. The van der Waals surface area contributed by atoms with Gasteiger partial charge in [0, 0.05) is 11.5 Å². The molecular weight excluding hydrogens is 368 g/mol. The molecule has 168 valence electrons. The van der Waals surface area contributed by atoms with Crippen molar-refractivity contribution in [2.75, 3.05) is 0 Å². The number of aromatic hydroxyl groups is 1. The average molecular weight is 413 g/mol. The third-order valence-electron chi connectivity index (χ3n) is 6.68. The first-order valence-electron chi connectivity index (χ1n) is 11.7. The van der Waals surface area contributed by atoms with E-state index in [0.29, 0.717) is 5.75 Å². The zero-order chi connectivity index (χ0) is 23.0. The number of rotatable bonds is 5. The topological polar surface area (TPSA) is 40.5 Å². The lowest BCUT2D eigenvalue weighted by Gasteiger charge is -2.39. The summed E-state index contributed by atoms with van der Waals surface area (Å²) >= 11 is 0. The van der Waals surface area contributed by atoms with Gasteiger partial charge in [-0.1, -0.05) is 85.9 Å². The molecular formula is C28H44O2. The van der Waals surface area contributed by atoms with Gasteiger partial charge >= 0.3 is 0 Å².